The third-order valence-corrected chi connectivity index (χ3v) is 3.24. The van der Waals surface area contributed by atoms with E-state index in [1.54, 1.807) is 30.3 Å². The minimum atomic E-state index is -1.11. The van der Waals surface area contributed by atoms with Crippen LogP contribution in [0.15, 0.2) is 54.6 Å². The van der Waals surface area contributed by atoms with Crippen LogP contribution < -0.4 is 10.9 Å². The lowest BCUT2D eigenvalue weighted by atomic mass is 10.1. The molecule has 0 saturated carbocycles. The molecular weight excluding hydrogens is 322 g/mol. The monoisotopic (exact) mass is 337 g/mol. The number of hydrogen-bond acceptors (Lipinski definition) is 5. The summed E-state index contributed by atoms with van der Waals surface area (Å²) in [6.07, 6.45) is -1.11. The van der Waals surface area contributed by atoms with Gasteiger partial charge in [0.05, 0.1) is 17.2 Å². The van der Waals surface area contributed by atoms with Crippen molar-refractivity contribution in [2.75, 3.05) is 0 Å². The van der Waals surface area contributed by atoms with Gasteiger partial charge in [-0.2, -0.15) is 5.26 Å². The summed E-state index contributed by atoms with van der Waals surface area (Å²) in [6.45, 7) is 1.38. The molecule has 0 aromatic heterocycles. The number of esters is 1. The van der Waals surface area contributed by atoms with Gasteiger partial charge in [0.1, 0.15) is 0 Å². The minimum Gasteiger partial charge on any atom is -0.449 e. The lowest BCUT2D eigenvalue weighted by Crippen LogP contribution is -2.46. The number of amides is 2. The molecule has 2 aromatic carbocycles. The van der Waals surface area contributed by atoms with Gasteiger partial charge in [-0.05, 0) is 43.3 Å². The Bertz CT molecular complexity index is 810. The van der Waals surface area contributed by atoms with Gasteiger partial charge in [0.2, 0.25) is 0 Å². The second kappa shape index (κ2) is 8.26. The zero-order valence-electron chi connectivity index (χ0n) is 13.4. The number of hydrazine groups is 1. The van der Waals surface area contributed by atoms with Crippen LogP contribution >= 0.6 is 0 Å². The minimum absolute atomic E-state index is 0.215. The van der Waals surface area contributed by atoms with E-state index < -0.39 is 23.9 Å². The van der Waals surface area contributed by atoms with E-state index >= 15 is 0 Å². The van der Waals surface area contributed by atoms with E-state index in [-0.39, 0.29) is 5.56 Å². The van der Waals surface area contributed by atoms with E-state index in [1.165, 1.54) is 31.2 Å². The van der Waals surface area contributed by atoms with Gasteiger partial charge in [-0.15, -0.1) is 0 Å². The van der Waals surface area contributed by atoms with Crippen molar-refractivity contribution in [1.82, 2.24) is 10.9 Å². The SMILES string of the molecule is C[C@@H](OC(=O)c1ccc(C#N)cc1)C(=O)NNC(=O)c1ccccc1. The Labute approximate surface area is 144 Å². The lowest BCUT2D eigenvalue weighted by Gasteiger charge is -2.14. The molecule has 7 nitrogen and oxygen atoms in total. The summed E-state index contributed by atoms with van der Waals surface area (Å²) in [5, 5.41) is 8.72. The molecule has 2 N–H and O–H groups in total. The predicted molar refractivity (Wildman–Crippen MR) is 88.1 cm³/mol. The Hall–Kier alpha value is -3.66. The largest absolute Gasteiger partial charge is 0.449 e. The van der Waals surface area contributed by atoms with Crippen LogP contribution in [0.5, 0.6) is 0 Å². The highest BCUT2D eigenvalue weighted by molar-refractivity contribution is 5.96. The number of carbonyl (C=O) groups excluding carboxylic acids is 3. The second-order valence-corrected chi connectivity index (χ2v) is 5.05. The summed E-state index contributed by atoms with van der Waals surface area (Å²) in [5.74, 6) is -1.87. The quantitative estimate of drug-likeness (QED) is 0.650. The molecule has 0 aliphatic heterocycles. The van der Waals surface area contributed by atoms with E-state index in [9.17, 15) is 14.4 Å². The summed E-state index contributed by atoms with van der Waals surface area (Å²) >= 11 is 0. The van der Waals surface area contributed by atoms with Gasteiger partial charge in [0.25, 0.3) is 11.8 Å². The maximum Gasteiger partial charge on any atom is 0.338 e. The fraction of sp³-hybridized carbons (Fsp3) is 0.111. The molecular formula is C18H15N3O4. The van der Waals surface area contributed by atoms with Gasteiger partial charge in [0.15, 0.2) is 6.10 Å². The van der Waals surface area contributed by atoms with Crippen molar-refractivity contribution < 1.29 is 19.1 Å². The highest BCUT2D eigenvalue weighted by Crippen LogP contribution is 2.07. The molecule has 0 bridgehead atoms. The normalized spacial score (nSPS) is 10.9. The molecule has 0 fully saturated rings. The summed E-state index contributed by atoms with van der Waals surface area (Å²) in [4.78, 5) is 35.7. The molecule has 0 saturated heterocycles. The Morgan fingerprint density at radius 2 is 1.60 bits per heavy atom. The van der Waals surface area contributed by atoms with Crippen molar-refractivity contribution in [3.05, 3.63) is 71.3 Å². The molecule has 0 aliphatic carbocycles. The third-order valence-electron chi connectivity index (χ3n) is 3.24. The Morgan fingerprint density at radius 3 is 2.20 bits per heavy atom. The number of nitrogens with one attached hydrogen (secondary N) is 2. The summed E-state index contributed by atoms with van der Waals surface area (Å²) in [6, 6.07) is 16.1. The molecule has 1 atom stereocenters. The maximum absolute atomic E-state index is 11.9. The van der Waals surface area contributed by atoms with Crippen LogP contribution in [-0.4, -0.2) is 23.9 Å². The molecule has 126 valence electrons. The number of nitriles is 1. The summed E-state index contributed by atoms with van der Waals surface area (Å²) in [5.41, 5.74) is 5.44. The van der Waals surface area contributed by atoms with Crippen molar-refractivity contribution in [3.8, 4) is 6.07 Å². The second-order valence-electron chi connectivity index (χ2n) is 5.05. The zero-order valence-corrected chi connectivity index (χ0v) is 13.4. The van der Waals surface area contributed by atoms with Crippen LogP contribution in [0.3, 0.4) is 0 Å². The first-order chi connectivity index (χ1) is 12.0. The van der Waals surface area contributed by atoms with Crippen LogP contribution in [0.2, 0.25) is 0 Å². The van der Waals surface area contributed by atoms with Gasteiger partial charge in [-0.1, -0.05) is 18.2 Å². The van der Waals surface area contributed by atoms with Crippen LogP contribution in [0.25, 0.3) is 0 Å². The summed E-state index contributed by atoms with van der Waals surface area (Å²) < 4.78 is 5.02. The smallest absolute Gasteiger partial charge is 0.338 e. The van der Waals surface area contributed by atoms with E-state index in [1.807, 2.05) is 6.07 Å². The Balaban J connectivity index is 1.86. The molecule has 0 radical (unpaired) electrons. The number of benzene rings is 2. The number of ether oxygens (including phenoxy) is 1. The van der Waals surface area contributed by atoms with Gasteiger partial charge >= 0.3 is 5.97 Å². The average Bonchev–Trinajstić information content (AvgIpc) is 2.66. The van der Waals surface area contributed by atoms with Gasteiger partial charge in [-0.3, -0.25) is 20.4 Å². The fourth-order valence-corrected chi connectivity index (χ4v) is 1.84. The van der Waals surface area contributed by atoms with Gasteiger partial charge in [0, 0.05) is 5.56 Å². The molecule has 2 rings (SSSR count). The standard InChI is InChI=1S/C18H15N3O4/c1-12(25-18(24)15-9-7-13(11-19)8-10-15)16(22)20-21-17(23)14-5-3-2-4-6-14/h2-10,12H,1H3,(H,20,22)(H,21,23)/t12-/m1/s1. The molecule has 2 aromatic rings. The highest BCUT2D eigenvalue weighted by Gasteiger charge is 2.19. The van der Waals surface area contributed by atoms with Crippen molar-refractivity contribution >= 4 is 17.8 Å². The lowest BCUT2D eigenvalue weighted by molar-refractivity contribution is -0.129. The molecule has 7 heteroatoms. The highest BCUT2D eigenvalue weighted by atomic mass is 16.5. The van der Waals surface area contributed by atoms with E-state index in [2.05, 4.69) is 10.9 Å². The third kappa shape index (κ3) is 4.91. The number of hydrogen-bond donors (Lipinski definition) is 2. The topological polar surface area (TPSA) is 108 Å². The van der Waals surface area contributed by atoms with E-state index in [0.29, 0.717) is 11.1 Å². The maximum atomic E-state index is 11.9. The average molecular weight is 337 g/mol. The van der Waals surface area contributed by atoms with Crippen molar-refractivity contribution in [3.63, 3.8) is 0 Å². The van der Waals surface area contributed by atoms with Gasteiger partial charge in [-0.25, -0.2) is 4.79 Å². The van der Waals surface area contributed by atoms with Gasteiger partial charge < -0.3 is 4.74 Å². The predicted octanol–water partition coefficient (Wildman–Crippen LogP) is 1.56. The van der Waals surface area contributed by atoms with Crippen molar-refractivity contribution in [2.24, 2.45) is 0 Å². The number of nitrogens with zero attached hydrogens (tertiary/aromatic N) is 1. The molecule has 2 amide bonds. The molecule has 0 unspecified atom stereocenters. The van der Waals surface area contributed by atoms with Crippen LogP contribution in [0.1, 0.15) is 33.2 Å². The fourth-order valence-electron chi connectivity index (χ4n) is 1.84. The van der Waals surface area contributed by atoms with E-state index in [4.69, 9.17) is 10.00 Å². The first-order valence-electron chi connectivity index (χ1n) is 7.37. The van der Waals surface area contributed by atoms with Crippen molar-refractivity contribution in [1.29, 1.82) is 5.26 Å². The Kier molecular flexibility index (Phi) is 5.85. The van der Waals surface area contributed by atoms with Crippen molar-refractivity contribution in [2.45, 2.75) is 13.0 Å². The molecule has 0 heterocycles. The molecule has 0 spiro atoms. The van der Waals surface area contributed by atoms with E-state index in [0.717, 1.165) is 0 Å². The van der Waals surface area contributed by atoms with Crippen LogP contribution in [0.4, 0.5) is 0 Å². The van der Waals surface area contributed by atoms with Crippen LogP contribution in [-0.2, 0) is 9.53 Å². The number of carbonyl (C=O) groups is 3. The molecule has 25 heavy (non-hydrogen) atoms. The first-order valence-corrected chi connectivity index (χ1v) is 7.37. The van der Waals surface area contributed by atoms with Crippen LogP contribution in [0, 0.1) is 11.3 Å². The Morgan fingerprint density at radius 1 is 0.960 bits per heavy atom. The number of rotatable bonds is 4. The zero-order chi connectivity index (χ0) is 18.2. The summed E-state index contributed by atoms with van der Waals surface area (Å²) in [7, 11) is 0. The molecule has 0 aliphatic rings. The first kappa shape index (κ1) is 17.7.